The molecule has 1 atom stereocenters. The maximum Gasteiger partial charge on any atom is 0.220 e. The largest absolute Gasteiger partial charge is 0.365 e. The monoisotopic (exact) mass is 401 g/mol. The van der Waals surface area contributed by atoms with E-state index in [9.17, 15) is 10.1 Å². The zero-order valence-corrected chi connectivity index (χ0v) is 17.6. The van der Waals surface area contributed by atoms with Crippen molar-refractivity contribution in [3.8, 4) is 6.07 Å². The lowest BCUT2D eigenvalue weighted by Crippen LogP contribution is -2.48. The molecule has 30 heavy (non-hydrogen) atoms. The van der Waals surface area contributed by atoms with Gasteiger partial charge in [0.2, 0.25) is 5.91 Å². The molecule has 4 heteroatoms. The Kier molecular flexibility index (Phi) is 6.69. The van der Waals surface area contributed by atoms with Gasteiger partial charge in [-0.3, -0.25) is 4.79 Å². The summed E-state index contributed by atoms with van der Waals surface area (Å²) in [6, 6.07) is 18.7. The predicted molar refractivity (Wildman–Crippen MR) is 120 cm³/mol. The number of nitrogens with one attached hydrogen (secondary N) is 1. The van der Waals surface area contributed by atoms with E-state index >= 15 is 0 Å². The Bertz CT molecular complexity index is 896. The van der Waals surface area contributed by atoms with Crippen LogP contribution in [0.3, 0.4) is 0 Å². The summed E-state index contributed by atoms with van der Waals surface area (Å²) in [6.45, 7) is 1.59. The van der Waals surface area contributed by atoms with Crippen molar-refractivity contribution in [2.24, 2.45) is 5.92 Å². The summed E-state index contributed by atoms with van der Waals surface area (Å²) in [5.41, 5.74) is 4.24. The summed E-state index contributed by atoms with van der Waals surface area (Å²) in [5.74, 6) is 0.898. The van der Waals surface area contributed by atoms with Crippen molar-refractivity contribution in [3.05, 3.63) is 65.2 Å². The molecule has 2 aromatic rings. The number of fused-ring (bicyclic) bond motifs is 1. The van der Waals surface area contributed by atoms with Gasteiger partial charge in [-0.05, 0) is 48.1 Å². The Morgan fingerprint density at radius 1 is 1.10 bits per heavy atom. The normalized spacial score (nSPS) is 19.0. The molecule has 1 saturated carbocycles. The average molecular weight is 402 g/mol. The molecule has 1 fully saturated rings. The van der Waals surface area contributed by atoms with Gasteiger partial charge in [-0.1, -0.05) is 62.4 Å². The first-order valence-electron chi connectivity index (χ1n) is 11.3. The van der Waals surface area contributed by atoms with Crippen LogP contribution >= 0.6 is 0 Å². The second-order valence-electron chi connectivity index (χ2n) is 8.83. The van der Waals surface area contributed by atoms with Gasteiger partial charge < -0.3 is 10.2 Å². The molecule has 1 heterocycles. The Hall–Kier alpha value is -2.80. The third-order valence-corrected chi connectivity index (χ3v) is 6.54. The number of hydrogen-bond donors (Lipinski definition) is 1. The van der Waals surface area contributed by atoms with Crippen LogP contribution in [0.25, 0.3) is 0 Å². The van der Waals surface area contributed by atoms with Crippen LogP contribution in [0.15, 0.2) is 48.5 Å². The number of nitrogens with zero attached hydrogens (tertiary/aromatic N) is 2. The molecule has 0 spiro atoms. The second kappa shape index (κ2) is 9.80. The summed E-state index contributed by atoms with van der Waals surface area (Å²) in [7, 11) is 0. The van der Waals surface area contributed by atoms with Gasteiger partial charge in [0.15, 0.2) is 0 Å². The molecule has 0 radical (unpaired) electrons. The van der Waals surface area contributed by atoms with E-state index in [1.54, 1.807) is 0 Å². The molecule has 0 aromatic heterocycles. The van der Waals surface area contributed by atoms with Gasteiger partial charge in [0, 0.05) is 25.2 Å². The number of carbonyl (C=O) groups excluding carboxylic acids is 1. The molecule has 0 bridgehead atoms. The first-order chi connectivity index (χ1) is 14.7. The van der Waals surface area contributed by atoms with Crippen LogP contribution < -0.4 is 10.2 Å². The van der Waals surface area contributed by atoms with Gasteiger partial charge >= 0.3 is 0 Å². The zero-order chi connectivity index (χ0) is 20.8. The molecule has 1 aliphatic carbocycles. The predicted octanol–water partition coefficient (Wildman–Crippen LogP) is 4.97. The average Bonchev–Trinajstić information content (AvgIpc) is 2.78. The minimum absolute atomic E-state index is 0.0778. The van der Waals surface area contributed by atoms with Crippen LogP contribution in [-0.4, -0.2) is 18.5 Å². The van der Waals surface area contributed by atoms with Gasteiger partial charge in [0.25, 0.3) is 0 Å². The van der Waals surface area contributed by atoms with E-state index in [-0.39, 0.29) is 11.9 Å². The van der Waals surface area contributed by atoms with Crippen molar-refractivity contribution < 1.29 is 4.79 Å². The van der Waals surface area contributed by atoms with Gasteiger partial charge in [-0.15, -0.1) is 0 Å². The van der Waals surface area contributed by atoms with E-state index in [2.05, 4.69) is 46.6 Å². The van der Waals surface area contributed by atoms with Crippen LogP contribution in [-0.2, 0) is 17.8 Å². The molecule has 1 amide bonds. The summed E-state index contributed by atoms with van der Waals surface area (Å²) < 4.78 is 0. The van der Waals surface area contributed by atoms with Crippen molar-refractivity contribution in [1.82, 2.24) is 5.32 Å². The first-order valence-corrected chi connectivity index (χ1v) is 11.3. The number of benzene rings is 2. The Morgan fingerprint density at radius 3 is 2.67 bits per heavy atom. The Labute approximate surface area is 179 Å². The number of rotatable bonds is 6. The Morgan fingerprint density at radius 2 is 1.90 bits per heavy atom. The Balaban J connectivity index is 1.43. The SMILES string of the molecule is N#Cc1ccc2c(c1)CC(NC(=O)CCC1CCCCC1)CN2Cc1ccccc1. The molecule has 4 nitrogen and oxygen atoms in total. The standard InChI is InChI=1S/C26H31N3O/c27-17-22-11-13-25-23(15-22)16-24(19-29(25)18-21-9-5-2-6-10-21)28-26(30)14-12-20-7-3-1-4-8-20/h2,5-6,9-11,13,15,20,24H,1,3-4,7-8,12,14,16,18-19H2,(H,28,30). The van der Waals surface area contributed by atoms with E-state index in [1.165, 1.54) is 43.4 Å². The minimum atomic E-state index is 0.0778. The maximum absolute atomic E-state index is 12.7. The quantitative estimate of drug-likeness (QED) is 0.744. The van der Waals surface area contributed by atoms with Gasteiger partial charge in [-0.2, -0.15) is 5.26 Å². The highest BCUT2D eigenvalue weighted by molar-refractivity contribution is 5.76. The van der Waals surface area contributed by atoms with Crippen LogP contribution in [0, 0.1) is 17.2 Å². The number of nitriles is 1. The highest BCUT2D eigenvalue weighted by Crippen LogP contribution is 2.30. The number of anilines is 1. The van der Waals surface area contributed by atoms with Crippen LogP contribution in [0.2, 0.25) is 0 Å². The van der Waals surface area contributed by atoms with Crippen molar-refractivity contribution in [2.75, 3.05) is 11.4 Å². The lowest BCUT2D eigenvalue weighted by molar-refractivity contribution is -0.122. The lowest BCUT2D eigenvalue weighted by Gasteiger charge is -2.37. The first kappa shape index (κ1) is 20.5. The summed E-state index contributed by atoms with van der Waals surface area (Å²) in [4.78, 5) is 15.0. The van der Waals surface area contributed by atoms with Crippen LogP contribution in [0.1, 0.15) is 61.6 Å². The van der Waals surface area contributed by atoms with Crippen molar-refractivity contribution in [1.29, 1.82) is 5.26 Å². The molecule has 0 saturated heterocycles. The second-order valence-corrected chi connectivity index (χ2v) is 8.83. The zero-order valence-electron chi connectivity index (χ0n) is 17.6. The number of hydrogen-bond acceptors (Lipinski definition) is 3. The molecule has 1 unspecified atom stereocenters. The highest BCUT2D eigenvalue weighted by Gasteiger charge is 2.26. The lowest BCUT2D eigenvalue weighted by atomic mass is 9.86. The van der Waals surface area contributed by atoms with Crippen molar-refractivity contribution >= 4 is 11.6 Å². The maximum atomic E-state index is 12.7. The third-order valence-electron chi connectivity index (χ3n) is 6.54. The highest BCUT2D eigenvalue weighted by atomic mass is 16.1. The molecule has 1 aliphatic heterocycles. The van der Waals surface area contributed by atoms with Crippen LogP contribution in [0.5, 0.6) is 0 Å². The van der Waals surface area contributed by atoms with Gasteiger partial charge in [0.1, 0.15) is 0 Å². The van der Waals surface area contributed by atoms with E-state index in [4.69, 9.17) is 0 Å². The fourth-order valence-electron chi connectivity index (χ4n) is 4.98. The van der Waals surface area contributed by atoms with Gasteiger partial charge in [0.05, 0.1) is 17.7 Å². The van der Waals surface area contributed by atoms with Crippen molar-refractivity contribution in [2.45, 2.75) is 64.0 Å². The molecule has 4 rings (SSSR count). The minimum Gasteiger partial charge on any atom is -0.365 e. The smallest absolute Gasteiger partial charge is 0.220 e. The summed E-state index contributed by atoms with van der Waals surface area (Å²) >= 11 is 0. The molecule has 2 aliphatic rings. The van der Waals surface area contributed by atoms with Crippen molar-refractivity contribution in [3.63, 3.8) is 0 Å². The summed E-state index contributed by atoms with van der Waals surface area (Å²) in [6.07, 6.45) is 8.99. The fraction of sp³-hybridized carbons (Fsp3) is 0.462. The van der Waals surface area contributed by atoms with E-state index in [0.717, 1.165) is 37.4 Å². The van der Waals surface area contributed by atoms with Gasteiger partial charge in [-0.25, -0.2) is 0 Å². The molecular formula is C26H31N3O. The topological polar surface area (TPSA) is 56.1 Å². The molecule has 156 valence electrons. The fourth-order valence-corrected chi connectivity index (χ4v) is 4.98. The van der Waals surface area contributed by atoms with E-state index in [0.29, 0.717) is 12.0 Å². The van der Waals surface area contributed by atoms with E-state index < -0.39 is 0 Å². The molecule has 2 aromatic carbocycles. The number of amides is 1. The number of carbonyl (C=O) groups is 1. The molecular weight excluding hydrogens is 370 g/mol. The van der Waals surface area contributed by atoms with Crippen LogP contribution in [0.4, 0.5) is 5.69 Å². The summed E-state index contributed by atoms with van der Waals surface area (Å²) in [5, 5.41) is 12.6. The molecule has 1 N–H and O–H groups in total. The third kappa shape index (κ3) is 5.21. The van der Waals surface area contributed by atoms with E-state index in [1.807, 2.05) is 18.2 Å².